The molecule has 0 fully saturated rings. The van der Waals surface area contributed by atoms with Gasteiger partial charge in [0.2, 0.25) is 8.07 Å². The summed E-state index contributed by atoms with van der Waals surface area (Å²) in [5.74, 6) is 0. The molecule has 1 N–H and O–H groups in total. The number of nitrogens with one attached hydrogen (secondary N) is 1. The van der Waals surface area contributed by atoms with E-state index in [0.29, 0.717) is 0 Å². The minimum atomic E-state index is -2.93. The molecule has 6 heteroatoms. The third-order valence-corrected chi connectivity index (χ3v) is 14.8. The summed E-state index contributed by atoms with van der Waals surface area (Å²) in [6.07, 6.45) is 9.12. The smallest absolute Gasteiger partial charge is 0.201 e. The monoisotopic (exact) mass is 675 g/mol. The number of hydrogen-bond donors (Lipinski definition) is 1. The molecule has 0 spiro atoms. The highest BCUT2D eigenvalue weighted by Gasteiger charge is 2.43. The molecule has 0 bridgehead atoms. The Kier molecular flexibility index (Phi) is 8.08. The fourth-order valence-corrected chi connectivity index (χ4v) is 12.4. The molecule has 0 saturated carbocycles. The molecule has 0 amide bonds. The molecule has 5 nitrogen and oxygen atoms in total. The lowest BCUT2D eigenvalue weighted by atomic mass is 10.1. The summed E-state index contributed by atoms with van der Waals surface area (Å²) >= 11 is 0. The van der Waals surface area contributed by atoms with Crippen molar-refractivity contribution in [3.63, 3.8) is 0 Å². The Balaban J connectivity index is 1.29. The van der Waals surface area contributed by atoms with Crippen molar-refractivity contribution in [3.8, 4) is 5.69 Å². The van der Waals surface area contributed by atoms with Crippen LogP contribution in [0.15, 0.2) is 188 Å². The van der Waals surface area contributed by atoms with Crippen molar-refractivity contribution >= 4 is 62.1 Å². The lowest BCUT2D eigenvalue weighted by Crippen LogP contribution is -2.75. The zero-order chi connectivity index (χ0) is 34.0. The number of aromatic nitrogens is 3. The molecule has 0 unspecified atom stereocenters. The minimum absolute atomic E-state index is 0.792. The average Bonchev–Trinajstić information content (AvgIpc) is 3.55. The molecule has 246 valence electrons. The van der Waals surface area contributed by atoms with E-state index in [2.05, 4.69) is 184 Å². The standard InChI is InChI=1S/C45H37N5Si/c1-4-14-34(15-5-1)50-43-23-11-10-22-41(43)42-30-40(25-26-44(42)50)51(38-18-6-2-7-19-38,39-20-8-3-9-21-39)45-27-24-37(33-48-45)49(35-16-12-28-46-31-35)36-17-13-29-47-32-36/h1-12,14-28,30-31,33,47H,13,29,32H2. The van der Waals surface area contributed by atoms with E-state index < -0.39 is 8.07 Å². The summed E-state index contributed by atoms with van der Waals surface area (Å²) in [5.41, 5.74) is 6.81. The molecule has 1 aliphatic heterocycles. The molecule has 0 aliphatic carbocycles. The zero-order valence-electron chi connectivity index (χ0n) is 28.2. The molecule has 5 aromatic carbocycles. The van der Waals surface area contributed by atoms with Gasteiger partial charge in [0.15, 0.2) is 0 Å². The Morgan fingerprint density at radius 2 is 1.27 bits per heavy atom. The summed E-state index contributed by atoms with van der Waals surface area (Å²) in [6, 6.07) is 57.3. The van der Waals surface area contributed by atoms with Crippen LogP contribution in [0.1, 0.15) is 6.42 Å². The summed E-state index contributed by atoms with van der Waals surface area (Å²) in [6.45, 7) is 1.78. The number of anilines is 2. The molecule has 8 aromatic rings. The Hall–Kier alpha value is -6.08. The maximum atomic E-state index is 5.46. The van der Waals surface area contributed by atoms with Crippen molar-refractivity contribution in [3.05, 3.63) is 188 Å². The van der Waals surface area contributed by atoms with Crippen LogP contribution >= 0.6 is 0 Å². The summed E-state index contributed by atoms with van der Waals surface area (Å²) in [5, 5.41) is 11.0. The average molecular weight is 676 g/mol. The van der Waals surface area contributed by atoms with Gasteiger partial charge in [0.25, 0.3) is 0 Å². The molecule has 0 saturated heterocycles. The summed E-state index contributed by atoms with van der Waals surface area (Å²) < 4.78 is 2.39. The maximum Gasteiger partial charge on any atom is 0.201 e. The van der Waals surface area contributed by atoms with Gasteiger partial charge in [0.1, 0.15) is 0 Å². The highest BCUT2D eigenvalue weighted by atomic mass is 28.3. The van der Waals surface area contributed by atoms with Gasteiger partial charge in [-0.3, -0.25) is 9.97 Å². The van der Waals surface area contributed by atoms with E-state index in [1.165, 1.54) is 43.1 Å². The van der Waals surface area contributed by atoms with Gasteiger partial charge >= 0.3 is 0 Å². The number of rotatable bonds is 8. The van der Waals surface area contributed by atoms with Crippen LogP contribution in [0.3, 0.4) is 0 Å². The van der Waals surface area contributed by atoms with Gasteiger partial charge in [-0.25, -0.2) is 0 Å². The van der Waals surface area contributed by atoms with Gasteiger partial charge < -0.3 is 14.8 Å². The van der Waals surface area contributed by atoms with Crippen LogP contribution in [0, 0.1) is 0 Å². The Morgan fingerprint density at radius 3 is 1.94 bits per heavy atom. The SMILES string of the molecule is C1=C(N(c2cccnc2)c2ccc([Si](c3ccccc3)(c3ccccc3)c3ccc4c(c3)c3ccccc3n4-c3ccccc3)nc2)CNCC1. The van der Waals surface area contributed by atoms with Crippen LogP contribution in [-0.2, 0) is 0 Å². The maximum absolute atomic E-state index is 5.46. The van der Waals surface area contributed by atoms with Crippen molar-refractivity contribution in [2.75, 3.05) is 18.0 Å². The van der Waals surface area contributed by atoms with Crippen molar-refractivity contribution in [1.29, 1.82) is 0 Å². The van der Waals surface area contributed by atoms with Crippen molar-refractivity contribution in [1.82, 2.24) is 19.9 Å². The first kappa shape index (κ1) is 30.9. The first-order chi connectivity index (χ1) is 25.3. The van der Waals surface area contributed by atoms with Gasteiger partial charge in [0.05, 0.1) is 34.8 Å². The third-order valence-electron chi connectivity index (χ3n) is 10.1. The molecule has 9 rings (SSSR count). The predicted octanol–water partition coefficient (Wildman–Crippen LogP) is 6.97. The van der Waals surface area contributed by atoms with Crippen LogP contribution in [0.4, 0.5) is 11.4 Å². The zero-order valence-corrected chi connectivity index (χ0v) is 29.2. The van der Waals surface area contributed by atoms with Gasteiger partial charge in [-0.15, -0.1) is 0 Å². The van der Waals surface area contributed by atoms with Crippen LogP contribution in [0.25, 0.3) is 27.5 Å². The molecule has 3 aromatic heterocycles. The number of benzene rings is 5. The van der Waals surface area contributed by atoms with Crippen molar-refractivity contribution < 1.29 is 0 Å². The quantitative estimate of drug-likeness (QED) is 0.140. The van der Waals surface area contributed by atoms with Gasteiger partial charge in [-0.2, -0.15) is 0 Å². The Labute approximate surface area is 299 Å². The number of pyridine rings is 2. The molecular formula is C45H37N5Si. The largest absolute Gasteiger partial charge is 0.311 e. The topological polar surface area (TPSA) is 46.0 Å². The van der Waals surface area contributed by atoms with Crippen LogP contribution in [0.2, 0.25) is 0 Å². The Morgan fingerprint density at radius 1 is 0.588 bits per heavy atom. The van der Waals surface area contributed by atoms with E-state index >= 15 is 0 Å². The summed E-state index contributed by atoms with van der Waals surface area (Å²) in [7, 11) is -2.93. The lowest BCUT2D eigenvalue weighted by Gasteiger charge is -2.34. The van der Waals surface area contributed by atoms with E-state index in [1.54, 1.807) is 0 Å². The van der Waals surface area contributed by atoms with Crippen LogP contribution < -0.4 is 31.1 Å². The fraction of sp³-hybridized carbons (Fsp3) is 0.0667. The van der Waals surface area contributed by atoms with E-state index in [-0.39, 0.29) is 0 Å². The highest BCUT2D eigenvalue weighted by molar-refractivity contribution is 7.19. The second kappa shape index (κ2) is 13.3. The molecule has 0 atom stereocenters. The fourth-order valence-electron chi connectivity index (χ4n) is 7.89. The summed E-state index contributed by atoms with van der Waals surface area (Å²) in [4.78, 5) is 12.2. The van der Waals surface area contributed by atoms with Gasteiger partial charge in [-0.1, -0.05) is 115 Å². The van der Waals surface area contributed by atoms with E-state index in [4.69, 9.17) is 4.98 Å². The highest BCUT2D eigenvalue weighted by Crippen LogP contribution is 2.32. The van der Waals surface area contributed by atoms with Crippen LogP contribution in [0.5, 0.6) is 0 Å². The first-order valence-corrected chi connectivity index (χ1v) is 19.6. The lowest BCUT2D eigenvalue weighted by molar-refractivity contribution is 0.692. The minimum Gasteiger partial charge on any atom is -0.311 e. The molecule has 1 aliphatic rings. The normalized spacial score (nSPS) is 13.3. The first-order valence-electron chi connectivity index (χ1n) is 17.6. The molecule has 51 heavy (non-hydrogen) atoms. The predicted molar refractivity (Wildman–Crippen MR) is 214 cm³/mol. The number of hydrogen-bond acceptors (Lipinski definition) is 4. The van der Waals surface area contributed by atoms with E-state index in [0.717, 1.165) is 41.9 Å². The second-order valence-electron chi connectivity index (χ2n) is 13.0. The van der Waals surface area contributed by atoms with Gasteiger partial charge in [-0.05, 0) is 77.1 Å². The third kappa shape index (κ3) is 5.37. The van der Waals surface area contributed by atoms with E-state index in [9.17, 15) is 0 Å². The second-order valence-corrected chi connectivity index (χ2v) is 16.8. The molecule has 0 radical (unpaired) electrons. The number of para-hydroxylation sites is 2. The van der Waals surface area contributed by atoms with E-state index in [1.807, 2.05) is 18.5 Å². The van der Waals surface area contributed by atoms with Crippen LogP contribution in [-0.4, -0.2) is 35.7 Å². The van der Waals surface area contributed by atoms with Crippen molar-refractivity contribution in [2.45, 2.75) is 6.42 Å². The number of nitrogens with zero attached hydrogens (tertiary/aromatic N) is 4. The number of fused-ring (bicyclic) bond motifs is 3. The molecular weight excluding hydrogens is 639 g/mol. The van der Waals surface area contributed by atoms with Gasteiger partial charge in [0, 0.05) is 40.2 Å². The van der Waals surface area contributed by atoms with Crippen molar-refractivity contribution in [2.24, 2.45) is 0 Å². The Bertz CT molecular complexity index is 2420. The molecule has 4 heterocycles.